The molecule has 0 unspecified atom stereocenters. The van der Waals surface area contributed by atoms with Crippen LogP contribution in [0.25, 0.3) is 10.7 Å². The number of nitrogens with one attached hydrogen (secondary N) is 1. The number of thiophene rings is 1. The van der Waals surface area contributed by atoms with Crippen LogP contribution in [0.4, 0.5) is 0 Å². The second kappa shape index (κ2) is 3.08. The fraction of sp³-hybridized carbons (Fsp3) is 0.250. The molecule has 0 bridgehead atoms. The molecule has 0 aliphatic heterocycles. The van der Waals surface area contributed by atoms with Crippen LogP contribution < -0.4 is 0 Å². The smallest absolute Gasteiger partial charge is 0.195 e. The molecule has 0 aliphatic rings. The molecule has 0 atom stereocenters. The van der Waals surface area contributed by atoms with Crippen molar-refractivity contribution in [3.8, 4) is 10.7 Å². The molecular weight excluding hydrogens is 202 g/mol. The third-order valence-electron chi connectivity index (χ3n) is 1.94. The van der Waals surface area contributed by atoms with Crippen molar-refractivity contribution in [3.05, 3.63) is 21.8 Å². The van der Waals surface area contributed by atoms with Crippen LogP contribution in [0.15, 0.2) is 11.4 Å². The number of aromatic nitrogens is 3. The summed E-state index contributed by atoms with van der Waals surface area (Å²) in [4.78, 5) is 1.18. The predicted octanol–water partition coefficient (Wildman–Crippen LogP) is 2.51. The van der Waals surface area contributed by atoms with Crippen molar-refractivity contribution < 1.29 is 0 Å². The van der Waals surface area contributed by atoms with Gasteiger partial charge in [0.2, 0.25) is 0 Å². The fourth-order valence-electron chi connectivity index (χ4n) is 1.15. The van der Waals surface area contributed by atoms with Crippen LogP contribution in [0.3, 0.4) is 0 Å². The monoisotopic (exact) mass is 211 g/mol. The van der Waals surface area contributed by atoms with Crippen molar-refractivity contribution in [2.45, 2.75) is 6.92 Å². The lowest BCUT2D eigenvalue weighted by molar-refractivity contribution is 0.903. The van der Waals surface area contributed by atoms with Crippen LogP contribution in [-0.2, 0) is 7.05 Å². The van der Waals surface area contributed by atoms with E-state index in [9.17, 15) is 0 Å². The average molecular weight is 211 g/mol. The van der Waals surface area contributed by atoms with Gasteiger partial charge in [-0.25, -0.2) is 0 Å². The van der Waals surface area contributed by atoms with E-state index < -0.39 is 0 Å². The molecule has 5 heteroatoms. The highest BCUT2D eigenvalue weighted by Crippen LogP contribution is 2.26. The van der Waals surface area contributed by atoms with Crippen molar-refractivity contribution >= 4 is 23.6 Å². The maximum atomic E-state index is 5.04. The van der Waals surface area contributed by atoms with Crippen molar-refractivity contribution in [1.29, 1.82) is 0 Å². The summed E-state index contributed by atoms with van der Waals surface area (Å²) in [6, 6.07) is 2.08. The SMILES string of the molecule is Cc1ccsc1-c1n[nH]c(=S)n1C. The molecular formula is C8H9N3S2. The lowest BCUT2D eigenvalue weighted by Crippen LogP contribution is -1.91. The molecule has 0 fully saturated rings. The van der Waals surface area contributed by atoms with Gasteiger partial charge in [0.15, 0.2) is 10.6 Å². The first-order chi connectivity index (χ1) is 6.20. The summed E-state index contributed by atoms with van der Waals surface area (Å²) < 4.78 is 2.54. The molecule has 2 aromatic heterocycles. The summed E-state index contributed by atoms with van der Waals surface area (Å²) >= 11 is 6.72. The Morgan fingerprint density at radius 3 is 2.85 bits per heavy atom. The van der Waals surface area contributed by atoms with Crippen molar-refractivity contribution in [1.82, 2.24) is 14.8 Å². The van der Waals surface area contributed by atoms with E-state index in [1.54, 1.807) is 11.3 Å². The second-order valence-electron chi connectivity index (χ2n) is 2.84. The minimum Gasteiger partial charge on any atom is -0.303 e. The number of aromatic amines is 1. The van der Waals surface area contributed by atoms with Gasteiger partial charge in [-0.15, -0.1) is 11.3 Å². The minimum absolute atomic E-state index is 0.655. The van der Waals surface area contributed by atoms with E-state index in [2.05, 4.69) is 28.6 Å². The predicted molar refractivity (Wildman–Crippen MR) is 56.4 cm³/mol. The summed E-state index contributed by atoms with van der Waals surface area (Å²) in [5.74, 6) is 0.914. The van der Waals surface area contributed by atoms with Crippen molar-refractivity contribution in [2.75, 3.05) is 0 Å². The van der Waals surface area contributed by atoms with E-state index in [0.717, 1.165) is 5.82 Å². The Morgan fingerprint density at radius 1 is 1.62 bits per heavy atom. The largest absolute Gasteiger partial charge is 0.303 e. The van der Waals surface area contributed by atoms with E-state index in [1.807, 2.05) is 11.6 Å². The Hall–Kier alpha value is -0.940. The average Bonchev–Trinajstić information content (AvgIpc) is 2.62. The first-order valence-corrected chi connectivity index (χ1v) is 5.15. The molecule has 0 aromatic carbocycles. The molecule has 0 saturated heterocycles. The Bertz CT molecular complexity index is 478. The van der Waals surface area contributed by atoms with Gasteiger partial charge in [-0.1, -0.05) is 0 Å². The molecule has 2 aromatic rings. The molecule has 3 nitrogen and oxygen atoms in total. The van der Waals surface area contributed by atoms with Gasteiger partial charge in [0.1, 0.15) is 0 Å². The summed E-state index contributed by atoms with van der Waals surface area (Å²) in [6.07, 6.45) is 0. The van der Waals surface area contributed by atoms with E-state index >= 15 is 0 Å². The summed E-state index contributed by atoms with van der Waals surface area (Å²) in [5, 5.41) is 9.01. The number of aryl methyl sites for hydroxylation is 1. The van der Waals surface area contributed by atoms with Crippen molar-refractivity contribution in [3.63, 3.8) is 0 Å². The number of hydrogen-bond donors (Lipinski definition) is 1. The fourth-order valence-corrected chi connectivity index (χ4v) is 2.23. The molecule has 2 rings (SSSR count). The first-order valence-electron chi connectivity index (χ1n) is 3.86. The highest BCUT2D eigenvalue weighted by Gasteiger charge is 2.08. The zero-order chi connectivity index (χ0) is 9.42. The Labute approximate surface area is 85.0 Å². The standard InChI is InChI=1S/C8H9N3S2/c1-5-3-4-13-6(5)7-9-10-8(12)11(7)2/h3-4H,1-2H3,(H,10,12). The zero-order valence-corrected chi connectivity index (χ0v) is 9.00. The van der Waals surface area contributed by atoms with Crippen molar-refractivity contribution in [2.24, 2.45) is 7.05 Å². The normalized spacial score (nSPS) is 10.6. The van der Waals surface area contributed by atoms with Crippen LogP contribution in [0.5, 0.6) is 0 Å². The number of H-pyrrole nitrogens is 1. The van der Waals surface area contributed by atoms with Gasteiger partial charge < -0.3 is 4.57 Å². The Kier molecular flexibility index (Phi) is 2.05. The molecule has 0 radical (unpaired) electrons. The van der Waals surface area contributed by atoms with Crippen LogP contribution >= 0.6 is 23.6 Å². The number of hydrogen-bond acceptors (Lipinski definition) is 3. The topological polar surface area (TPSA) is 33.6 Å². The van der Waals surface area contributed by atoms with Gasteiger partial charge in [0.25, 0.3) is 0 Å². The zero-order valence-electron chi connectivity index (χ0n) is 7.37. The van der Waals surface area contributed by atoms with E-state index in [0.29, 0.717) is 4.77 Å². The summed E-state index contributed by atoms with van der Waals surface area (Å²) in [5.41, 5.74) is 1.24. The molecule has 13 heavy (non-hydrogen) atoms. The molecule has 1 N–H and O–H groups in total. The first kappa shape index (κ1) is 8.65. The molecule has 68 valence electrons. The Morgan fingerprint density at radius 2 is 2.38 bits per heavy atom. The highest BCUT2D eigenvalue weighted by molar-refractivity contribution is 7.71. The van der Waals surface area contributed by atoms with E-state index in [-0.39, 0.29) is 0 Å². The second-order valence-corrected chi connectivity index (χ2v) is 4.15. The third-order valence-corrected chi connectivity index (χ3v) is 3.32. The van der Waals surface area contributed by atoms with Crippen LogP contribution in [0.1, 0.15) is 5.56 Å². The Balaban J connectivity index is 2.65. The van der Waals surface area contributed by atoms with Gasteiger partial charge in [0.05, 0.1) is 4.88 Å². The maximum Gasteiger partial charge on any atom is 0.195 e. The summed E-state index contributed by atoms with van der Waals surface area (Å²) in [7, 11) is 1.92. The molecule has 0 aliphatic carbocycles. The highest BCUT2D eigenvalue weighted by atomic mass is 32.1. The third kappa shape index (κ3) is 1.34. The minimum atomic E-state index is 0.655. The summed E-state index contributed by atoms with van der Waals surface area (Å²) in [6.45, 7) is 2.07. The molecule has 2 heterocycles. The van der Waals surface area contributed by atoms with Gasteiger partial charge >= 0.3 is 0 Å². The van der Waals surface area contributed by atoms with Gasteiger partial charge in [-0.05, 0) is 36.2 Å². The lowest BCUT2D eigenvalue weighted by Gasteiger charge is -1.97. The quantitative estimate of drug-likeness (QED) is 0.735. The van der Waals surface area contributed by atoms with Crippen LogP contribution in [0, 0.1) is 11.7 Å². The number of rotatable bonds is 1. The van der Waals surface area contributed by atoms with Gasteiger partial charge in [-0.3, -0.25) is 5.10 Å². The van der Waals surface area contributed by atoms with Gasteiger partial charge in [0, 0.05) is 7.05 Å². The van der Waals surface area contributed by atoms with Crippen LogP contribution in [0.2, 0.25) is 0 Å². The maximum absolute atomic E-state index is 5.04. The molecule has 0 amide bonds. The van der Waals surface area contributed by atoms with E-state index in [1.165, 1.54) is 10.4 Å². The van der Waals surface area contributed by atoms with Gasteiger partial charge in [-0.2, -0.15) is 5.10 Å². The lowest BCUT2D eigenvalue weighted by atomic mass is 10.3. The molecule has 0 spiro atoms. The molecule has 0 saturated carbocycles. The number of nitrogens with zero attached hydrogens (tertiary/aromatic N) is 2. The van der Waals surface area contributed by atoms with E-state index in [4.69, 9.17) is 12.2 Å². The van der Waals surface area contributed by atoms with Crippen LogP contribution in [-0.4, -0.2) is 14.8 Å².